The van der Waals surface area contributed by atoms with E-state index in [1.165, 1.54) is 10.9 Å². The second-order valence-corrected chi connectivity index (χ2v) is 5.77. The predicted molar refractivity (Wildman–Crippen MR) is 90.9 cm³/mol. The molecule has 2 rings (SSSR count). The molecule has 0 atom stereocenters. The normalized spacial score (nSPS) is 11.3. The van der Waals surface area contributed by atoms with E-state index in [9.17, 15) is 0 Å². The van der Waals surface area contributed by atoms with Crippen molar-refractivity contribution in [1.82, 2.24) is 15.2 Å². The number of nitrogens with one attached hydrogen (secondary N) is 1. The van der Waals surface area contributed by atoms with Crippen LogP contribution in [0.2, 0.25) is 0 Å². The van der Waals surface area contributed by atoms with E-state index in [4.69, 9.17) is 4.98 Å². The number of hydrogen-bond acceptors (Lipinski definition) is 4. The van der Waals surface area contributed by atoms with E-state index in [1.807, 2.05) is 13.1 Å². The summed E-state index contributed by atoms with van der Waals surface area (Å²) < 4.78 is 0. The van der Waals surface area contributed by atoms with Crippen LogP contribution in [0.25, 0.3) is 10.9 Å². The van der Waals surface area contributed by atoms with Gasteiger partial charge in [-0.3, -0.25) is 0 Å². The van der Waals surface area contributed by atoms with Gasteiger partial charge in [0.15, 0.2) is 0 Å². The van der Waals surface area contributed by atoms with Gasteiger partial charge in [0.1, 0.15) is 5.82 Å². The molecule has 0 saturated carbocycles. The molecule has 1 aromatic carbocycles. The summed E-state index contributed by atoms with van der Waals surface area (Å²) in [5, 5.41) is 4.48. The molecule has 0 spiro atoms. The number of para-hydroxylation sites is 1. The van der Waals surface area contributed by atoms with E-state index in [-0.39, 0.29) is 0 Å². The summed E-state index contributed by atoms with van der Waals surface area (Å²) in [5.74, 6) is 1.05. The zero-order chi connectivity index (χ0) is 15.2. The van der Waals surface area contributed by atoms with Crippen LogP contribution in [0.4, 0.5) is 5.82 Å². The highest BCUT2D eigenvalue weighted by atomic mass is 15.2. The van der Waals surface area contributed by atoms with Crippen LogP contribution in [-0.4, -0.2) is 51.2 Å². The van der Waals surface area contributed by atoms with E-state index in [0.29, 0.717) is 0 Å². The zero-order valence-electron chi connectivity index (χ0n) is 13.6. The second-order valence-electron chi connectivity index (χ2n) is 5.77. The molecular formula is C17H26N4. The number of hydrogen-bond donors (Lipinski definition) is 1. The van der Waals surface area contributed by atoms with Gasteiger partial charge in [-0.2, -0.15) is 0 Å². The lowest BCUT2D eigenvalue weighted by molar-refractivity contribution is 0.401. The van der Waals surface area contributed by atoms with Crippen molar-refractivity contribution in [2.24, 2.45) is 0 Å². The smallest absolute Gasteiger partial charge is 0.129 e. The van der Waals surface area contributed by atoms with Crippen molar-refractivity contribution in [2.45, 2.75) is 13.0 Å². The number of anilines is 1. The average molecular weight is 286 g/mol. The van der Waals surface area contributed by atoms with Crippen LogP contribution in [0.15, 0.2) is 30.3 Å². The molecule has 21 heavy (non-hydrogen) atoms. The van der Waals surface area contributed by atoms with Crippen LogP contribution in [0.1, 0.15) is 12.0 Å². The van der Waals surface area contributed by atoms with Crippen LogP contribution in [0.5, 0.6) is 0 Å². The number of pyridine rings is 1. The van der Waals surface area contributed by atoms with Gasteiger partial charge in [-0.25, -0.2) is 4.98 Å². The number of benzene rings is 1. The fourth-order valence-electron chi connectivity index (χ4n) is 2.50. The molecule has 0 unspecified atom stereocenters. The molecule has 0 saturated heterocycles. The first kappa shape index (κ1) is 15.7. The van der Waals surface area contributed by atoms with Crippen molar-refractivity contribution in [3.8, 4) is 0 Å². The molecule has 0 amide bonds. The Hall–Kier alpha value is -1.65. The first-order valence-corrected chi connectivity index (χ1v) is 7.51. The molecule has 1 N–H and O–H groups in total. The van der Waals surface area contributed by atoms with Crippen molar-refractivity contribution >= 4 is 16.7 Å². The van der Waals surface area contributed by atoms with Crippen LogP contribution >= 0.6 is 0 Å². The minimum Gasteiger partial charge on any atom is -0.360 e. The molecule has 4 nitrogen and oxygen atoms in total. The highest BCUT2D eigenvalue weighted by Gasteiger charge is 2.08. The second kappa shape index (κ2) is 7.38. The number of fused-ring (bicyclic) bond motifs is 1. The topological polar surface area (TPSA) is 31.4 Å². The molecule has 0 bridgehead atoms. The number of nitrogens with zero attached hydrogens (tertiary/aromatic N) is 3. The highest BCUT2D eigenvalue weighted by Crippen LogP contribution is 2.22. The van der Waals surface area contributed by atoms with E-state index in [1.54, 1.807) is 0 Å². The molecule has 114 valence electrons. The van der Waals surface area contributed by atoms with Gasteiger partial charge in [-0.05, 0) is 51.8 Å². The lowest BCUT2D eigenvalue weighted by atomic mass is 10.1. The SMILES string of the molecule is CNCc1cc(N(C)CCCN(C)C)nc2ccccc12. The first-order chi connectivity index (χ1) is 10.1. The molecular weight excluding hydrogens is 260 g/mol. The minimum absolute atomic E-state index is 0.863. The summed E-state index contributed by atoms with van der Waals surface area (Å²) in [6.45, 7) is 2.98. The van der Waals surface area contributed by atoms with Gasteiger partial charge in [-0.1, -0.05) is 18.2 Å². The third-order valence-electron chi connectivity index (χ3n) is 3.65. The van der Waals surface area contributed by atoms with Gasteiger partial charge >= 0.3 is 0 Å². The van der Waals surface area contributed by atoms with Gasteiger partial charge in [0.2, 0.25) is 0 Å². The zero-order valence-corrected chi connectivity index (χ0v) is 13.6. The Morgan fingerprint density at radius 3 is 2.57 bits per heavy atom. The molecule has 1 aromatic heterocycles. The van der Waals surface area contributed by atoms with Crippen LogP contribution in [0, 0.1) is 0 Å². The summed E-state index contributed by atoms with van der Waals surface area (Å²) in [6.07, 6.45) is 1.14. The Kier molecular flexibility index (Phi) is 5.53. The lowest BCUT2D eigenvalue weighted by Crippen LogP contribution is -2.24. The fourth-order valence-corrected chi connectivity index (χ4v) is 2.50. The Morgan fingerprint density at radius 2 is 1.86 bits per heavy atom. The van der Waals surface area contributed by atoms with Crippen molar-refractivity contribution in [1.29, 1.82) is 0 Å². The molecule has 0 fully saturated rings. The average Bonchev–Trinajstić information content (AvgIpc) is 2.47. The standard InChI is InChI=1S/C17H26N4/c1-18-13-14-12-17(21(4)11-7-10-20(2)3)19-16-9-6-5-8-15(14)16/h5-6,8-9,12,18H,7,10-11,13H2,1-4H3. The molecule has 2 aromatic rings. The minimum atomic E-state index is 0.863. The van der Waals surface area contributed by atoms with Crippen molar-refractivity contribution < 1.29 is 0 Å². The van der Waals surface area contributed by atoms with Crippen molar-refractivity contribution in [2.75, 3.05) is 46.2 Å². The summed E-state index contributed by atoms with van der Waals surface area (Å²) in [7, 11) is 8.32. The van der Waals surface area contributed by atoms with Crippen LogP contribution < -0.4 is 10.2 Å². The molecule has 0 aliphatic carbocycles. The maximum absolute atomic E-state index is 4.80. The molecule has 0 aliphatic heterocycles. The van der Waals surface area contributed by atoms with Crippen LogP contribution in [0.3, 0.4) is 0 Å². The Labute approximate surface area is 127 Å². The fraction of sp³-hybridized carbons (Fsp3) is 0.471. The third-order valence-corrected chi connectivity index (χ3v) is 3.65. The first-order valence-electron chi connectivity index (χ1n) is 7.51. The largest absolute Gasteiger partial charge is 0.360 e. The Bertz CT molecular complexity index is 580. The van der Waals surface area contributed by atoms with Crippen LogP contribution in [-0.2, 0) is 6.54 Å². The van der Waals surface area contributed by atoms with E-state index < -0.39 is 0 Å². The van der Waals surface area contributed by atoms with E-state index in [0.717, 1.165) is 37.4 Å². The maximum Gasteiger partial charge on any atom is 0.129 e. The predicted octanol–water partition coefficient (Wildman–Crippen LogP) is 2.34. The number of rotatable bonds is 7. The summed E-state index contributed by atoms with van der Waals surface area (Å²) in [5.41, 5.74) is 2.37. The molecule has 0 aliphatic rings. The Morgan fingerprint density at radius 1 is 1.10 bits per heavy atom. The van der Waals surface area contributed by atoms with Crippen molar-refractivity contribution in [3.63, 3.8) is 0 Å². The van der Waals surface area contributed by atoms with Crippen molar-refractivity contribution in [3.05, 3.63) is 35.9 Å². The summed E-state index contributed by atoms with van der Waals surface area (Å²) >= 11 is 0. The Balaban J connectivity index is 2.23. The van der Waals surface area contributed by atoms with Gasteiger partial charge in [0.05, 0.1) is 5.52 Å². The van der Waals surface area contributed by atoms with E-state index in [2.05, 4.69) is 60.5 Å². The van der Waals surface area contributed by atoms with E-state index >= 15 is 0 Å². The van der Waals surface area contributed by atoms with Gasteiger partial charge in [-0.15, -0.1) is 0 Å². The summed E-state index contributed by atoms with van der Waals surface area (Å²) in [4.78, 5) is 9.26. The quantitative estimate of drug-likeness (QED) is 0.846. The molecule has 0 radical (unpaired) electrons. The lowest BCUT2D eigenvalue weighted by Gasteiger charge is -2.21. The third kappa shape index (κ3) is 4.16. The van der Waals surface area contributed by atoms with Gasteiger partial charge in [0, 0.05) is 25.5 Å². The molecule has 4 heteroatoms. The van der Waals surface area contributed by atoms with Gasteiger partial charge < -0.3 is 15.1 Å². The molecule has 1 heterocycles. The maximum atomic E-state index is 4.80. The highest BCUT2D eigenvalue weighted by molar-refractivity contribution is 5.84. The monoisotopic (exact) mass is 286 g/mol. The van der Waals surface area contributed by atoms with Gasteiger partial charge in [0.25, 0.3) is 0 Å². The number of aromatic nitrogens is 1. The summed E-state index contributed by atoms with van der Waals surface area (Å²) in [6, 6.07) is 10.6.